The highest BCUT2D eigenvalue weighted by Gasteiger charge is 2.14. The molecule has 0 unspecified atom stereocenters. The Morgan fingerprint density at radius 1 is 1.33 bits per heavy atom. The smallest absolute Gasteiger partial charge is 0.293 e. The zero-order valence-corrected chi connectivity index (χ0v) is 11.9. The van der Waals surface area contributed by atoms with Crippen molar-refractivity contribution in [1.82, 2.24) is 19.9 Å². The number of benzene rings is 1. The molecule has 0 spiro atoms. The van der Waals surface area contributed by atoms with Gasteiger partial charge in [0.1, 0.15) is 0 Å². The molecule has 0 aliphatic carbocycles. The fourth-order valence-electron chi connectivity index (χ4n) is 1.56. The number of nitrogen functional groups attached to an aromatic ring is 1. The van der Waals surface area contributed by atoms with Crippen LogP contribution < -0.4 is 15.8 Å². The Morgan fingerprint density at radius 3 is 2.52 bits per heavy atom. The van der Waals surface area contributed by atoms with Crippen LogP contribution >= 0.6 is 0 Å². The summed E-state index contributed by atoms with van der Waals surface area (Å²) in [7, 11) is -3.51. The fraction of sp³-hybridized carbons (Fsp3) is 0.182. The largest absolute Gasteiger partial charge is 0.366 e. The van der Waals surface area contributed by atoms with E-state index in [9.17, 15) is 13.2 Å². The van der Waals surface area contributed by atoms with Gasteiger partial charge in [0, 0.05) is 12.2 Å². The first-order chi connectivity index (χ1) is 9.92. The summed E-state index contributed by atoms with van der Waals surface area (Å²) in [6, 6.07) is 5.73. The fourth-order valence-corrected chi connectivity index (χ4v) is 2.60. The molecule has 0 aliphatic heterocycles. The van der Waals surface area contributed by atoms with E-state index in [4.69, 9.17) is 5.73 Å². The molecule has 1 aromatic heterocycles. The summed E-state index contributed by atoms with van der Waals surface area (Å²) in [6.45, 7) is 1.99. The third kappa shape index (κ3) is 3.55. The zero-order valence-electron chi connectivity index (χ0n) is 11.1. The maximum absolute atomic E-state index is 11.8. The molecular formula is C11H14N6O3S. The number of nitrogens with two attached hydrogens (primary N) is 1. The van der Waals surface area contributed by atoms with Crippen LogP contribution in [0.5, 0.6) is 0 Å². The van der Waals surface area contributed by atoms with Crippen LogP contribution in [0.25, 0.3) is 0 Å². The second-order valence-corrected chi connectivity index (χ2v) is 5.79. The molecule has 0 saturated heterocycles. The number of aromatic nitrogens is 3. The van der Waals surface area contributed by atoms with Gasteiger partial charge >= 0.3 is 0 Å². The minimum absolute atomic E-state index is 0.0307. The van der Waals surface area contributed by atoms with Crippen molar-refractivity contribution in [2.75, 3.05) is 17.6 Å². The highest BCUT2D eigenvalue weighted by Crippen LogP contribution is 2.14. The summed E-state index contributed by atoms with van der Waals surface area (Å²) in [4.78, 5) is 15.6. The monoisotopic (exact) mass is 310 g/mol. The standard InChI is InChI=1S/C11H14N6O3S/c1-2-13-21(19,20)8-5-3-7(4-6-8)14-10(18)9-15-11(12)17-16-9/h3-6,13H,2H2,1H3,(H,14,18)(H3,12,15,16,17). The Hall–Kier alpha value is -2.46. The molecule has 0 bridgehead atoms. The molecule has 112 valence electrons. The van der Waals surface area contributed by atoms with Crippen LogP contribution in [0.3, 0.4) is 0 Å². The number of hydrogen-bond acceptors (Lipinski definition) is 6. The van der Waals surface area contributed by atoms with E-state index >= 15 is 0 Å². The summed E-state index contributed by atoms with van der Waals surface area (Å²) in [6.07, 6.45) is 0. The highest BCUT2D eigenvalue weighted by atomic mass is 32.2. The van der Waals surface area contributed by atoms with E-state index in [0.717, 1.165) is 0 Å². The normalized spacial score (nSPS) is 11.3. The first-order valence-electron chi connectivity index (χ1n) is 6.01. The van der Waals surface area contributed by atoms with Crippen LogP contribution in [-0.4, -0.2) is 36.1 Å². The minimum Gasteiger partial charge on any atom is -0.366 e. The molecule has 0 aliphatic rings. The number of nitrogens with one attached hydrogen (secondary N) is 3. The maximum atomic E-state index is 11.8. The quantitative estimate of drug-likeness (QED) is 0.609. The SMILES string of the molecule is CCNS(=O)(=O)c1ccc(NC(=O)c2nc(N)n[nH]2)cc1. The minimum atomic E-state index is -3.51. The van der Waals surface area contributed by atoms with Crippen molar-refractivity contribution in [1.29, 1.82) is 0 Å². The molecule has 0 saturated carbocycles. The Morgan fingerprint density at radius 2 is 2.00 bits per heavy atom. The lowest BCUT2D eigenvalue weighted by Crippen LogP contribution is -2.23. The average molecular weight is 310 g/mol. The van der Waals surface area contributed by atoms with Gasteiger partial charge in [0.05, 0.1) is 4.90 Å². The topological polar surface area (TPSA) is 143 Å². The van der Waals surface area contributed by atoms with E-state index < -0.39 is 15.9 Å². The summed E-state index contributed by atoms with van der Waals surface area (Å²) in [5.41, 5.74) is 5.72. The van der Waals surface area contributed by atoms with Crippen LogP contribution in [0.15, 0.2) is 29.2 Å². The van der Waals surface area contributed by atoms with Gasteiger partial charge in [-0.1, -0.05) is 6.92 Å². The average Bonchev–Trinajstić information content (AvgIpc) is 2.86. The highest BCUT2D eigenvalue weighted by molar-refractivity contribution is 7.89. The van der Waals surface area contributed by atoms with Gasteiger partial charge in [0.2, 0.25) is 21.8 Å². The van der Waals surface area contributed by atoms with Crippen LogP contribution in [0.4, 0.5) is 11.6 Å². The molecule has 5 N–H and O–H groups in total. The van der Waals surface area contributed by atoms with Gasteiger partial charge < -0.3 is 11.1 Å². The molecular weight excluding hydrogens is 296 g/mol. The van der Waals surface area contributed by atoms with E-state index in [2.05, 4.69) is 25.2 Å². The van der Waals surface area contributed by atoms with Crippen LogP contribution in [0.2, 0.25) is 0 Å². The van der Waals surface area contributed by atoms with Crippen LogP contribution in [-0.2, 0) is 10.0 Å². The molecule has 2 aromatic rings. The van der Waals surface area contributed by atoms with Crippen molar-refractivity contribution >= 4 is 27.6 Å². The number of carbonyl (C=O) groups excluding carboxylic acids is 1. The van der Waals surface area contributed by atoms with Crippen LogP contribution in [0.1, 0.15) is 17.5 Å². The van der Waals surface area contributed by atoms with Gasteiger partial charge in [0.15, 0.2) is 0 Å². The van der Waals surface area contributed by atoms with Crippen molar-refractivity contribution in [3.8, 4) is 0 Å². The third-order valence-corrected chi connectivity index (χ3v) is 4.04. The molecule has 0 fully saturated rings. The molecule has 1 aromatic carbocycles. The summed E-state index contributed by atoms with van der Waals surface area (Å²) in [5.74, 6) is -0.592. The number of nitrogens with zero attached hydrogens (tertiary/aromatic N) is 2. The molecule has 2 rings (SSSR count). The lowest BCUT2D eigenvalue weighted by atomic mass is 10.3. The Bertz CT molecular complexity index is 738. The predicted molar refractivity (Wildman–Crippen MR) is 76.1 cm³/mol. The lowest BCUT2D eigenvalue weighted by molar-refractivity contribution is 0.101. The molecule has 0 radical (unpaired) electrons. The van der Waals surface area contributed by atoms with E-state index in [1.165, 1.54) is 24.3 Å². The summed E-state index contributed by atoms with van der Waals surface area (Å²) in [5, 5.41) is 8.45. The van der Waals surface area contributed by atoms with E-state index in [1.54, 1.807) is 6.92 Å². The second-order valence-electron chi connectivity index (χ2n) is 4.02. The zero-order chi connectivity index (χ0) is 15.5. The van der Waals surface area contributed by atoms with Gasteiger partial charge in [0.25, 0.3) is 5.91 Å². The second kappa shape index (κ2) is 5.89. The van der Waals surface area contributed by atoms with Gasteiger partial charge in [-0.3, -0.25) is 9.89 Å². The first-order valence-corrected chi connectivity index (χ1v) is 7.49. The number of rotatable bonds is 5. The third-order valence-electron chi connectivity index (χ3n) is 2.47. The maximum Gasteiger partial charge on any atom is 0.293 e. The predicted octanol–water partition coefficient (Wildman–Crippen LogP) is -0.0626. The Labute approximate surface area is 121 Å². The molecule has 0 atom stereocenters. The first kappa shape index (κ1) is 14.9. The Kier molecular flexibility index (Phi) is 4.19. The van der Waals surface area contributed by atoms with Gasteiger partial charge in [-0.2, -0.15) is 4.98 Å². The van der Waals surface area contributed by atoms with Crippen molar-refractivity contribution in [3.05, 3.63) is 30.1 Å². The summed E-state index contributed by atoms with van der Waals surface area (Å²) >= 11 is 0. The Balaban J connectivity index is 2.11. The number of hydrogen-bond donors (Lipinski definition) is 4. The van der Waals surface area contributed by atoms with Gasteiger partial charge in [-0.15, -0.1) is 5.10 Å². The summed E-state index contributed by atoms with van der Waals surface area (Å²) < 4.78 is 25.9. The van der Waals surface area contributed by atoms with E-state index in [1.807, 2.05) is 0 Å². The van der Waals surface area contributed by atoms with Gasteiger partial charge in [-0.05, 0) is 24.3 Å². The number of carbonyl (C=O) groups is 1. The number of anilines is 2. The van der Waals surface area contributed by atoms with E-state index in [-0.39, 0.29) is 16.7 Å². The lowest BCUT2D eigenvalue weighted by Gasteiger charge is -2.06. The number of H-pyrrole nitrogens is 1. The van der Waals surface area contributed by atoms with E-state index in [0.29, 0.717) is 12.2 Å². The van der Waals surface area contributed by atoms with Crippen molar-refractivity contribution < 1.29 is 13.2 Å². The molecule has 10 heteroatoms. The number of amides is 1. The number of sulfonamides is 1. The van der Waals surface area contributed by atoms with Crippen LogP contribution in [0, 0.1) is 0 Å². The molecule has 1 amide bonds. The van der Waals surface area contributed by atoms with Crippen molar-refractivity contribution in [3.63, 3.8) is 0 Å². The number of aromatic amines is 1. The molecule has 1 heterocycles. The van der Waals surface area contributed by atoms with Crippen molar-refractivity contribution in [2.45, 2.75) is 11.8 Å². The van der Waals surface area contributed by atoms with Gasteiger partial charge in [-0.25, -0.2) is 13.1 Å². The molecule has 9 nitrogen and oxygen atoms in total. The van der Waals surface area contributed by atoms with Crippen molar-refractivity contribution in [2.24, 2.45) is 0 Å². The molecule has 21 heavy (non-hydrogen) atoms.